The number of anilines is 1. The van der Waals surface area contributed by atoms with Gasteiger partial charge in [0.15, 0.2) is 5.13 Å². The Morgan fingerprint density at radius 1 is 1.33 bits per heavy atom. The molecule has 0 fully saturated rings. The Balaban J connectivity index is 2.25. The summed E-state index contributed by atoms with van der Waals surface area (Å²) < 4.78 is 5.64. The summed E-state index contributed by atoms with van der Waals surface area (Å²) in [7, 11) is 0. The molecule has 0 atom stereocenters. The van der Waals surface area contributed by atoms with Crippen LogP contribution in [0, 0.1) is 22.7 Å². The van der Waals surface area contributed by atoms with Crippen molar-refractivity contribution in [2.75, 3.05) is 18.0 Å². The topological polar surface area (TPSA) is 76.8 Å². The van der Waals surface area contributed by atoms with Crippen LogP contribution in [0.25, 0.3) is 16.7 Å². The fraction of sp³-hybridized carbons (Fsp3) is 0.267. The summed E-state index contributed by atoms with van der Waals surface area (Å²) in [5, 5.41) is 18.4. The molecule has 0 saturated carbocycles. The molecule has 0 spiro atoms. The number of rotatable bonds is 5. The highest BCUT2D eigenvalue weighted by molar-refractivity contribution is 7.18. The molecule has 106 valence electrons. The summed E-state index contributed by atoms with van der Waals surface area (Å²) in [4.78, 5) is 7.49. The third kappa shape index (κ3) is 3.31. The fourth-order valence-electron chi connectivity index (χ4n) is 1.81. The number of allylic oxidation sites excluding steroid dienone is 1. The molecule has 2 heterocycles. The van der Waals surface area contributed by atoms with E-state index in [1.165, 1.54) is 6.08 Å². The second-order valence-corrected chi connectivity index (χ2v) is 5.17. The van der Waals surface area contributed by atoms with Gasteiger partial charge in [0.2, 0.25) is 0 Å². The second-order valence-electron chi connectivity index (χ2n) is 4.16. The molecule has 2 aromatic rings. The Morgan fingerprint density at radius 2 is 2.05 bits per heavy atom. The minimum atomic E-state index is 0.0176. The predicted molar refractivity (Wildman–Crippen MR) is 82.6 cm³/mol. The first-order chi connectivity index (χ1) is 10.2. The van der Waals surface area contributed by atoms with E-state index in [-0.39, 0.29) is 5.57 Å². The van der Waals surface area contributed by atoms with Crippen LogP contribution in [0.4, 0.5) is 5.13 Å². The maximum absolute atomic E-state index is 8.73. The van der Waals surface area contributed by atoms with E-state index in [0.29, 0.717) is 11.5 Å². The third-order valence-corrected chi connectivity index (χ3v) is 4.00. The molecule has 0 aliphatic heterocycles. The van der Waals surface area contributed by atoms with Crippen LogP contribution in [-0.2, 0) is 0 Å². The lowest BCUT2D eigenvalue weighted by Crippen LogP contribution is -2.21. The maximum Gasteiger partial charge on any atom is 0.185 e. The molecule has 0 aliphatic rings. The average molecular weight is 298 g/mol. The van der Waals surface area contributed by atoms with Crippen molar-refractivity contribution < 1.29 is 4.42 Å². The zero-order chi connectivity index (χ0) is 15.2. The van der Waals surface area contributed by atoms with E-state index in [2.05, 4.69) is 23.7 Å². The van der Waals surface area contributed by atoms with Crippen LogP contribution in [-0.4, -0.2) is 18.1 Å². The molecule has 5 nitrogen and oxygen atoms in total. The van der Waals surface area contributed by atoms with Crippen LogP contribution in [0.2, 0.25) is 0 Å². The molecular formula is C15H14N4OS. The molecule has 0 saturated heterocycles. The monoisotopic (exact) mass is 298 g/mol. The summed E-state index contributed by atoms with van der Waals surface area (Å²) >= 11 is 1.56. The Labute approximate surface area is 127 Å². The molecule has 0 aliphatic carbocycles. The molecule has 2 aromatic heterocycles. The van der Waals surface area contributed by atoms with E-state index in [9.17, 15) is 0 Å². The Morgan fingerprint density at radius 3 is 2.67 bits per heavy atom. The lowest BCUT2D eigenvalue weighted by molar-refractivity contribution is 0.573. The average Bonchev–Trinajstić information content (AvgIpc) is 3.15. The van der Waals surface area contributed by atoms with Crippen molar-refractivity contribution >= 4 is 22.5 Å². The first kappa shape index (κ1) is 14.8. The van der Waals surface area contributed by atoms with Crippen molar-refractivity contribution in [3.8, 4) is 22.8 Å². The standard InChI is InChI=1S/C15H14N4OS/c1-3-19(4-2)15-18-10-14(21-15)13-6-5-12(20-13)7-11(8-16)9-17/h5-7,10H,3-4H2,1-2H3. The maximum atomic E-state index is 8.73. The predicted octanol–water partition coefficient (Wildman–Crippen LogP) is 3.68. The number of thiazole rings is 1. The number of furan rings is 1. The number of nitrogens with zero attached hydrogens (tertiary/aromatic N) is 4. The van der Waals surface area contributed by atoms with E-state index in [4.69, 9.17) is 14.9 Å². The van der Waals surface area contributed by atoms with Gasteiger partial charge in [0.25, 0.3) is 0 Å². The van der Waals surface area contributed by atoms with Gasteiger partial charge in [-0.3, -0.25) is 0 Å². The first-order valence-corrected chi connectivity index (χ1v) is 7.36. The van der Waals surface area contributed by atoms with E-state index in [1.54, 1.807) is 23.6 Å². The molecule has 21 heavy (non-hydrogen) atoms. The van der Waals surface area contributed by atoms with Crippen LogP contribution in [0.5, 0.6) is 0 Å². The van der Waals surface area contributed by atoms with Crippen LogP contribution in [0.1, 0.15) is 19.6 Å². The molecule has 0 aromatic carbocycles. The zero-order valence-corrected chi connectivity index (χ0v) is 12.6. The summed E-state index contributed by atoms with van der Waals surface area (Å²) in [5.41, 5.74) is 0.0176. The molecule has 6 heteroatoms. The second kappa shape index (κ2) is 6.74. The van der Waals surface area contributed by atoms with Gasteiger partial charge in [-0.2, -0.15) is 10.5 Å². The normalized spacial score (nSPS) is 9.71. The molecule has 0 bridgehead atoms. The van der Waals surface area contributed by atoms with Gasteiger partial charge in [0.05, 0.1) is 11.1 Å². The van der Waals surface area contributed by atoms with Crippen molar-refractivity contribution in [3.63, 3.8) is 0 Å². The Hall–Kier alpha value is -2.57. The molecule has 0 amide bonds. The van der Waals surface area contributed by atoms with E-state index in [0.717, 1.165) is 23.1 Å². The van der Waals surface area contributed by atoms with Crippen LogP contribution in [0.15, 0.2) is 28.3 Å². The molecule has 2 rings (SSSR count). The minimum Gasteiger partial charge on any atom is -0.456 e. The van der Waals surface area contributed by atoms with Gasteiger partial charge in [0, 0.05) is 19.2 Å². The minimum absolute atomic E-state index is 0.0176. The highest BCUT2D eigenvalue weighted by Gasteiger charge is 2.12. The van der Waals surface area contributed by atoms with Crippen molar-refractivity contribution in [3.05, 3.63) is 29.7 Å². The fourth-order valence-corrected chi connectivity index (χ4v) is 2.82. The molecule has 0 unspecified atom stereocenters. The number of hydrogen-bond donors (Lipinski definition) is 0. The summed E-state index contributed by atoms with van der Waals surface area (Å²) in [6, 6.07) is 7.17. The van der Waals surface area contributed by atoms with E-state index >= 15 is 0 Å². The third-order valence-electron chi connectivity index (χ3n) is 2.92. The van der Waals surface area contributed by atoms with Gasteiger partial charge in [-0.05, 0) is 26.0 Å². The van der Waals surface area contributed by atoms with Gasteiger partial charge < -0.3 is 9.32 Å². The van der Waals surface area contributed by atoms with Gasteiger partial charge in [-0.15, -0.1) is 0 Å². The summed E-state index contributed by atoms with van der Waals surface area (Å²) in [5.74, 6) is 1.17. The SMILES string of the molecule is CCN(CC)c1ncc(-c2ccc(C=C(C#N)C#N)o2)s1. The van der Waals surface area contributed by atoms with Gasteiger partial charge in [-0.25, -0.2) is 4.98 Å². The number of hydrogen-bond acceptors (Lipinski definition) is 6. The largest absolute Gasteiger partial charge is 0.456 e. The smallest absolute Gasteiger partial charge is 0.185 e. The molecule has 0 N–H and O–H groups in total. The molecular weight excluding hydrogens is 284 g/mol. The number of aromatic nitrogens is 1. The molecule has 0 radical (unpaired) electrons. The zero-order valence-electron chi connectivity index (χ0n) is 11.8. The lowest BCUT2D eigenvalue weighted by atomic mass is 10.2. The van der Waals surface area contributed by atoms with Crippen LogP contribution < -0.4 is 4.90 Å². The van der Waals surface area contributed by atoms with Gasteiger partial charge in [0.1, 0.15) is 29.2 Å². The van der Waals surface area contributed by atoms with Crippen LogP contribution >= 0.6 is 11.3 Å². The highest BCUT2D eigenvalue weighted by Crippen LogP contribution is 2.32. The van der Waals surface area contributed by atoms with E-state index < -0.39 is 0 Å². The van der Waals surface area contributed by atoms with E-state index in [1.807, 2.05) is 18.2 Å². The first-order valence-electron chi connectivity index (χ1n) is 6.54. The van der Waals surface area contributed by atoms with Crippen molar-refractivity contribution in [1.82, 2.24) is 4.98 Å². The lowest BCUT2D eigenvalue weighted by Gasteiger charge is -2.16. The highest BCUT2D eigenvalue weighted by atomic mass is 32.1. The Bertz CT molecular complexity index is 709. The Kier molecular flexibility index (Phi) is 4.76. The van der Waals surface area contributed by atoms with Crippen LogP contribution in [0.3, 0.4) is 0 Å². The van der Waals surface area contributed by atoms with Crippen molar-refractivity contribution in [1.29, 1.82) is 10.5 Å². The summed E-state index contributed by atoms with van der Waals surface area (Å²) in [6.07, 6.45) is 3.20. The summed E-state index contributed by atoms with van der Waals surface area (Å²) in [6.45, 7) is 5.99. The van der Waals surface area contributed by atoms with Crippen molar-refractivity contribution in [2.45, 2.75) is 13.8 Å². The quantitative estimate of drug-likeness (QED) is 0.787. The van der Waals surface area contributed by atoms with Gasteiger partial charge >= 0.3 is 0 Å². The number of nitriles is 2. The van der Waals surface area contributed by atoms with Gasteiger partial charge in [-0.1, -0.05) is 11.3 Å². The van der Waals surface area contributed by atoms with Crippen molar-refractivity contribution in [2.24, 2.45) is 0 Å².